The summed E-state index contributed by atoms with van der Waals surface area (Å²) in [5.41, 5.74) is 1.63. The van der Waals surface area contributed by atoms with Crippen LogP contribution in [0.5, 0.6) is 5.88 Å². The molecule has 0 saturated heterocycles. The van der Waals surface area contributed by atoms with Gasteiger partial charge in [0, 0.05) is 0 Å². The number of hydrogen-bond acceptors (Lipinski definition) is 4. The molecule has 60 valence electrons. The molecule has 0 aliphatic carbocycles. The fourth-order valence-electron chi connectivity index (χ4n) is 0.473. The van der Waals surface area contributed by atoms with Crippen molar-refractivity contribution in [3.05, 3.63) is 10.9 Å². The van der Waals surface area contributed by atoms with E-state index in [0.29, 0.717) is 5.88 Å². The van der Waals surface area contributed by atoms with Gasteiger partial charge < -0.3 is 4.74 Å². The van der Waals surface area contributed by atoms with Crippen molar-refractivity contribution in [1.82, 2.24) is 4.98 Å². The second-order valence-electron chi connectivity index (χ2n) is 2.40. The van der Waals surface area contributed by atoms with Crippen LogP contribution in [0.3, 0.4) is 0 Å². The van der Waals surface area contributed by atoms with Crippen LogP contribution >= 0.6 is 11.3 Å². The van der Waals surface area contributed by atoms with Crippen molar-refractivity contribution in [3.8, 4) is 5.88 Å². The molecule has 0 aliphatic heterocycles. The van der Waals surface area contributed by atoms with Crippen LogP contribution in [0.4, 0.5) is 0 Å². The third-order valence-electron chi connectivity index (χ3n) is 1.09. The normalized spacial score (nSPS) is 10.1. The van der Waals surface area contributed by atoms with Crippen LogP contribution < -0.4 is 4.74 Å². The Hall–Kier alpha value is -0.900. The lowest BCUT2D eigenvalue weighted by Gasteiger charge is -2.01. The van der Waals surface area contributed by atoms with E-state index in [4.69, 9.17) is 4.74 Å². The smallest absolute Gasteiger partial charge is 0.315 e. The predicted octanol–water partition coefficient (Wildman–Crippen LogP) is 1.70. The quantitative estimate of drug-likeness (QED) is 0.636. The van der Waals surface area contributed by atoms with E-state index < -0.39 is 0 Å². The van der Waals surface area contributed by atoms with Crippen LogP contribution in [0.2, 0.25) is 0 Å². The van der Waals surface area contributed by atoms with Gasteiger partial charge in [0.1, 0.15) is 0 Å². The average molecular weight is 171 g/mol. The average Bonchev–Trinajstić information content (AvgIpc) is 2.39. The molecule has 0 N–H and O–H groups in total. The maximum absolute atomic E-state index is 11.0. The molecule has 1 aromatic heterocycles. The molecule has 0 saturated carbocycles. The third-order valence-corrected chi connectivity index (χ3v) is 1.65. The molecule has 0 spiro atoms. The van der Waals surface area contributed by atoms with Gasteiger partial charge in [0.15, 0.2) is 0 Å². The van der Waals surface area contributed by atoms with Gasteiger partial charge in [-0.05, 0) is 0 Å². The van der Waals surface area contributed by atoms with E-state index in [0.717, 1.165) is 0 Å². The van der Waals surface area contributed by atoms with Crippen molar-refractivity contribution in [1.29, 1.82) is 0 Å². The lowest BCUT2D eigenvalue weighted by molar-refractivity contribution is -0.138. The minimum Gasteiger partial charge on any atom is -0.406 e. The van der Waals surface area contributed by atoms with Crippen molar-refractivity contribution in [2.75, 3.05) is 0 Å². The number of nitrogens with zero attached hydrogens (tertiary/aromatic N) is 1. The molecule has 4 heteroatoms. The molecular weight excluding hydrogens is 162 g/mol. The summed E-state index contributed by atoms with van der Waals surface area (Å²) < 4.78 is 4.88. The monoisotopic (exact) mass is 171 g/mol. The number of esters is 1. The number of hydrogen-bond donors (Lipinski definition) is 0. The molecule has 3 nitrogen and oxygen atoms in total. The molecule has 0 fully saturated rings. The van der Waals surface area contributed by atoms with E-state index in [-0.39, 0.29) is 11.9 Å². The highest BCUT2D eigenvalue weighted by Crippen LogP contribution is 2.11. The topological polar surface area (TPSA) is 39.2 Å². The highest BCUT2D eigenvalue weighted by Gasteiger charge is 2.09. The first kappa shape index (κ1) is 8.20. The summed E-state index contributed by atoms with van der Waals surface area (Å²) in [6, 6.07) is 0. The van der Waals surface area contributed by atoms with E-state index in [1.165, 1.54) is 11.3 Å². The minimum absolute atomic E-state index is 0.100. The van der Waals surface area contributed by atoms with Crippen molar-refractivity contribution in [2.45, 2.75) is 13.8 Å². The number of carbonyl (C=O) groups is 1. The Morgan fingerprint density at radius 1 is 1.73 bits per heavy atom. The second-order valence-corrected chi connectivity index (χ2v) is 3.12. The zero-order valence-electron chi connectivity index (χ0n) is 6.40. The van der Waals surface area contributed by atoms with Crippen molar-refractivity contribution in [2.24, 2.45) is 5.92 Å². The van der Waals surface area contributed by atoms with E-state index in [1.54, 1.807) is 24.7 Å². The zero-order valence-corrected chi connectivity index (χ0v) is 7.22. The molecule has 11 heavy (non-hydrogen) atoms. The summed E-state index contributed by atoms with van der Waals surface area (Å²) in [7, 11) is 0. The van der Waals surface area contributed by atoms with Gasteiger partial charge in [-0.1, -0.05) is 13.8 Å². The summed E-state index contributed by atoms with van der Waals surface area (Å²) in [6.45, 7) is 3.57. The van der Waals surface area contributed by atoms with Gasteiger partial charge in [-0.25, -0.2) is 4.98 Å². The molecule has 0 unspecified atom stereocenters. The van der Waals surface area contributed by atoms with E-state index in [2.05, 4.69) is 4.98 Å². The summed E-state index contributed by atoms with van der Waals surface area (Å²) in [6.07, 6.45) is 0. The van der Waals surface area contributed by atoms with Crippen molar-refractivity contribution >= 4 is 17.3 Å². The third kappa shape index (κ3) is 2.31. The molecule has 0 aliphatic rings. The molecule has 1 heterocycles. The lowest BCUT2D eigenvalue weighted by atomic mass is 10.2. The molecule has 1 aromatic rings. The van der Waals surface area contributed by atoms with Gasteiger partial charge in [0.05, 0.1) is 16.8 Å². The van der Waals surface area contributed by atoms with Gasteiger partial charge in [0.2, 0.25) is 5.88 Å². The molecule has 0 bridgehead atoms. The lowest BCUT2D eigenvalue weighted by Crippen LogP contribution is -2.14. The van der Waals surface area contributed by atoms with Crippen LogP contribution in [0.15, 0.2) is 10.9 Å². The summed E-state index contributed by atoms with van der Waals surface area (Å²) in [5, 5.41) is 1.69. The van der Waals surface area contributed by atoms with Crippen molar-refractivity contribution in [3.63, 3.8) is 0 Å². The first-order chi connectivity index (χ1) is 5.20. The summed E-state index contributed by atoms with van der Waals surface area (Å²) in [4.78, 5) is 14.8. The molecule has 0 radical (unpaired) electrons. The van der Waals surface area contributed by atoms with Crippen molar-refractivity contribution < 1.29 is 9.53 Å². The molecular formula is C7H9NO2S. The Bertz CT molecular complexity index is 231. The number of carbonyl (C=O) groups excluding carboxylic acids is 1. The van der Waals surface area contributed by atoms with Crippen LogP contribution in [0.25, 0.3) is 0 Å². The van der Waals surface area contributed by atoms with Gasteiger partial charge in [0.25, 0.3) is 0 Å². The molecule has 0 aromatic carbocycles. The van der Waals surface area contributed by atoms with Gasteiger partial charge in [-0.15, -0.1) is 11.3 Å². The highest BCUT2D eigenvalue weighted by molar-refractivity contribution is 7.07. The number of thiazole rings is 1. The highest BCUT2D eigenvalue weighted by atomic mass is 32.1. The maximum Gasteiger partial charge on any atom is 0.315 e. The fourth-order valence-corrected chi connectivity index (χ4v) is 0.924. The zero-order chi connectivity index (χ0) is 8.27. The van der Waals surface area contributed by atoms with E-state index in [1.807, 2.05) is 0 Å². The second kappa shape index (κ2) is 3.48. The minimum atomic E-state index is -0.240. The molecule has 1 rings (SSSR count). The SMILES string of the molecule is CC(C)C(=O)Oc1cscn1. The first-order valence-corrected chi connectivity index (χ1v) is 4.24. The van der Waals surface area contributed by atoms with Gasteiger partial charge in [-0.2, -0.15) is 0 Å². The molecule has 0 atom stereocenters. The van der Waals surface area contributed by atoms with Gasteiger partial charge in [-0.3, -0.25) is 4.79 Å². The van der Waals surface area contributed by atoms with Crippen LogP contribution in [-0.4, -0.2) is 11.0 Å². The van der Waals surface area contributed by atoms with Gasteiger partial charge >= 0.3 is 5.97 Å². The Morgan fingerprint density at radius 2 is 2.45 bits per heavy atom. The Balaban J connectivity index is 2.50. The number of ether oxygens (including phenoxy) is 1. The summed E-state index contributed by atoms with van der Waals surface area (Å²) in [5.74, 6) is 0.0568. The Labute approximate surface area is 69.0 Å². The fraction of sp³-hybridized carbons (Fsp3) is 0.429. The first-order valence-electron chi connectivity index (χ1n) is 3.30. The number of rotatable bonds is 2. The van der Waals surface area contributed by atoms with E-state index in [9.17, 15) is 4.79 Å². The maximum atomic E-state index is 11.0. The number of aromatic nitrogens is 1. The van der Waals surface area contributed by atoms with E-state index >= 15 is 0 Å². The van der Waals surface area contributed by atoms with Crippen LogP contribution in [0.1, 0.15) is 13.8 Å². The summed E-state index contributed by atoms with van der Waals surface area (Å²) >= 11 is 1.40. The standard InChI is InChI=1S/C7H9NO2S/c1-5(2)7(9)10-6-3-11-4-8-6/h3-5H,1-2H3. The largest absolute Gasteiger partial charge is 0.406 e. The predicted molar refractivity (Wildman–Crippen MR) is 42.6 cm³/mol. The Morgan fingerprint density at radius 3 is 2.91 bits per heavy atom. The molecule has 0 amide bonds. The Kier molecular flexibility index (Phi) is 2.59. The van der Waals surface area contributed by atoms with Crippen LogP contribution in [0, 0.1) is 5.92 Å². The van der Waals surface area contributed by atoms with Crippen LogP contribution in [-0.2, 0) is 4.79 Å².